The third kappa shape index (κ3) is 6.25. The molecule has 0 aliphatic carbocycles. The van der Waals surface area contributed by atoms with Crippen LogP contribution >= 0.6 is 0 Å². The minimum Gasteiger partial charge on any atom is -0.481 e. The van der Waals surface area contributed by atoms with E-state index >= 15 is 0 Å². The van der Waals surface area contributed by atoms with Crippen molar-refractivity contribution in [3.05, 3.63) is 29.8 Å². The maximum absolute atomic E-state index is 11.9. The van der Waals surface area contributed by atoms with E-state index in [1.165, 1.54) is 11.9 Å². The quantitative estimate of drug-likeness (QED) is 0.748. The van der Waals surface area contributed by atoms with Gasteiger partial charge in [0.25, 0.3) is 0 Å². The first-order valence-corrected chi connectivity index (χ1v) is 6.90. The number of nitrogens with one attached hydrogen (secondary N) is 1. The van der Waals surface area contributed by atoms with Crippen molar-refractivity contribution in [2.24, 2.45) is 0 Å². The van der Waals surface area contributed by atoms with Crippen molar-refractivity contribution in [3.8, 4) is 0 Å². The van der Waals surface area contributed by atoms with Gasteiger partial charge in [0.2, 0.25) is 0 Å². The molecule has 2 amide bonds. The van der Waals surface area contributed by atoms with E-state index in [0.29, 0.717) is 12.3 Å². The summed E-state index contributed by atoms with van der Waals surface area (Å²) < 4.78 is 4.87. The minimum atomic E-state index is -0.962. The van der Waals surface area contributed by atoms with Crippen LogP contribution in [0.3, 0.4) is 0 Å². The van der Waals surface area contributed by atoms with Crippen LogP contribution in [0.4, 0.5) is 10.5 Å². The average Bonchev–Trinajstić information content (AvgIpc) is 2.45. The van der Waals surface area contributed by atoms with Gasteiger partial charge >= 0.3 is 18.0 Å². The van der Waals surface area contributed by atoms with E-state index in [4.69, 9.17) is 9.84 Å². The van der Waals surface area contributed by atoms with Gasteiger partial charge in [-0.05, 0) is 24.6 Å². The number of carbonyl (C=O) groups is 3. The molecule has 0 spiro atoms. The molecule has 1 aromatic rings. The molecule has 0 saturated carbocycles. The summed E-state index contributed by atoms with van der Waals surface area (Å²) in [5.74, 6) is -1.29. The summed E-state index contributed by atoms with van der Waals surface area (Å²) >= 11 is 0. The number of aliphatic carboxylic acids is 1. The first-order chi connectivity index (χ1) is 10.4. The van der Waals surface area contributed by atoms with Gasteiger partial charge in [-0.15, -0.1) is 0 Å². The number of amides is 2. The number of urea groups is 1. The molecular formula is C15H20N2O5. The SMILES string of the molecule is CCOC(=O)Cc1cccc(NC(=O)N(C)CCC(=O)O)c1. The number of hydrogen-bond donors (Lipinski definition) is 2. The second kappa shape index (κ2) is 8.66. The molecule has 0 unspecified atom stereocenters. The van der Waals surface area contributed by atoms with Crippen molar-refractivity contribution >= 4 is 23.7 Å². The Bertz CT molecular complexity index is 544. The van der Waals surface area contributed by atoms with Crippen LogP contribution in [0.1, 0.15) is 18.9 Å². The molecule has 0 heterocycles. The van der Waals surface area contributed by atoms with Crippen molar-refractivity contribution in [3.63, 3.8) is 0 Å². The average molecular weight is 308 g/mol. The zero-order valence-corrected chi connectivity index (χ0v) is 12.7. The third-order valence-electron chi connectivity index (χ3n) is 2.84. The van der Waals surface area contributed by atoms with Crippen molar-refractivity contribution < 1.29 is 24.2 Å². The summed E-state index contributed by atoms with van der Waals surface area (Å²) in [5, 5.41) is 11.2. The number of nitrogens with zero attached hydrogens (tertiary/aromatic N) is 1. The van der Waals surface area contributed by atoms with Gasteiger partial charge in [-0.25, -0.2) is 4.79 Å². The first-order valence-electron chi connectivity index (χ1n) is 6.90. The number of carbonyl (C=O) groups excluding carboxylic acids is 2. The lowest BCUT2D eigenvalue weighted by Crippen LogP contribution is -2.33. The predicted molar refractivity (Wildman–Crippen MR) is 80.7 cm³/mol. The van der Waals surface area contributed by atoms with E-state index in [-0.39, 0.29) is 25.4 Å². The zero-order chi connectivity index (χ0) is 16.5. The van der Waals surface area contributed by atoms with Crippen LogP contribution in [0.25, 0.3) is 0 Å². The lowest BCUT2D eigenvalue weighted by atomic mass is 10.1. The van der Waals surface area contributed by atoms with Gasteiger partial charge in [0.05, 0.1) is 19.4 Å². The topological polar surface area (TPSA) is 95.9 Å². The number of ether oxygens (including phenoxy) is 1. The molecule has 7 nitrogen and oxygen atoms in total. The largest absolute Gasteiger partial charge is 0.481 e. The molecular weight excluding hydrogens is 288 g/mol. The Balaban J connectivity index is 2.60. The third-order valence-corrected chi connectivity index (χ3v) is 2.84. The Labute approximate surface area is 128 Å². The summed E-state index contributed by atoms with van der Waals surface area (Å²) in [4.78, 5) is 35.1. The Hall–Kier alpha value is -2.57. The van der Waals surface area contributed by atoms with Crippen LogP contribution in [0.5, 0.6) is 0 Å². The van der Waals surface area contributed by atoms with Gasteiger partial charge in [-0.3, -0.25) is 9.59 Å². The van der Waals surface area contributed by atoms with Crippen molar-refractivity contribution in [1.82, 2.24) is 4.90 Å². The Morgan fingerprint density at radius 1 is 1.32 bits per heavy atom. The van der Waals surface area contributed by atoms with Crippen LogP contribution in [0.15, 0.2) is 24.3 Å². The fourth-order valence-electron chi connectivity index (χ4n) is 1.72. The molecule has 0 aliphatic rings. The normalized spacial score (nSPS) is 9.91. The highest BCUT2D eigenvalue weighted by molar-refractivity contribution is 5.89. The Morgan fingerprint density at radius 2 is 2.05 bits per heavy atom. The van der Waals surface area contributed by atoms with E-state index in [0.717, 1.165) is 5.56 Å². The molecule has 120 valence electrons. The van der Waals surface area contributed by atoms with Crippen LogP contribution in [0, 0.1) is 0 Å². The van der Waals surface area contributed by atoms with Gasteiger partial charge in [-0.1, -0.05) is 12.1 Å². The molecule has 0 aliphatic heterocycles. The Morgan fingerprint density at radius 3 is 2.68 bits per heavy atom. The number of carboxylic acid groups (broad SMARTS) is 1. The van der Waals surface area contributed by atoms with Gasteiger partial charge in [0.15, 0.2) is 0 Å². The molecule has 22 heavy (non-hydrogen) atoms. The lowest BCUT2D eigenvalue weighted by Gasteiger charge is -2.17. The Kier molecular flexibility index (Phi) is 6.88. The molecule has 0 atom stereocenters. The van der Waals surface area contributed by atoms with E-state index < -0.39 is 12.0 Å². The van der Waals surface area contributed by atoms with Gasteiger partial charge in [0.1, 0.15) is 0 Å². The minimum absolute atomic E-state index is 0.115. The fraction of sp³-hybridized carbons (Fsp3) is 0.400. The first kappa shape index (κ1) is 17.5. The van der Waals surface area contributed by atoms with E-state index in [1.807, 2.05) is 0 Å². The van der Waals surface area contributed by atoms with Crippen molar-refractivity contribution in [1.29, 1.82) is 0 Å². The summed E-state index contributed by atoms with van der Waals surface area (Å²) in [6.07, 6.45) is 0.0131. The molecule has 0 fully saturated rings. The molecule has 0 radical (unpaired) electrons. The number of rotatable bonds is 7. The van der Waals surface area contributed by atoms with Crippen molar-refractivity contribution in [2.75, 3.05) is 25.5 Å². The monoisotopic (exact) mass is 308 g/mol. The number of anilines is 1. The second-order valence-corrected chi connectivity index (χ2v) is 4.68. The van der Waals surface area contributed by atoms with E-state index in [9.17, 15) is 14.4 Å². The fourth-order valence-corrected chi connectivity index (χ4v) is 1.72. The van der Waals surface area contributed by atoms with Crippen LogP contribution in [-0.4, -0.2) is 48.2 Å². The van der Waals surface area contributed by atoms with Gasteiger partial charge in [-0.2, -0.15) is 0 Å². The molecule has 7 heteroatoms. The highest BCUT2D eigenvalue weighted by Gasteiger charge is 2.11. The predicted octanol–water partition coefficient (Wildman–Crippen LogP) is 1.73. The molecule has 1 aromatic carbocycles. The molecule has 0 saturated heterocycles. The maximum atomic E-state index is 11.9. The summed E-state index contributed by atoms with van der Waals surface area (Å²) in [6.45, 7) is 2.18. The number of carboxylic acids is 1. The summed E-state index contributed by atoms with van der Waals surface area (Å²) in [5.41, 5.74) is 1.26. The zero-order valence-electron chi connectivity index (χ0n) is 12.7. The standard InChI is InChI=1S/C15H20N2O5/c1-3-22-14(20)10-11-5-4-6-12(9-11)16-15(21)17(2)8-7-13(18)19/h4-6,9H,3,7-8,10H2,1-2H3,(H,16,21)(H,18,19). The van der Waals surface area contributed by atoms with Crippen LogP contribution < -0.4 is 5.32 Å². The summed E-state index contributed by atoms with van der Waals surface area (Å²) in [7, 11) is 1.51. The van der Waals surface area contributed by atoms with Crippen LogP contribution in [-0.2, 0) is 20.7 Å². The van der Waals surface area contributed by atoms with Crippen LogP contribution in [0.2, 0.25) is 0 Å². The van der Waals surface area contributed by atoms with Gasteiger partial charge in [0, 0.05) is 19.3 Å². The molecule has 0 bridgehead atoms. The number of hydrogen-bond acceptors (Lipinski definition) is 4. The van der Waals surface area contributed by atoms with E-state index in [2.05, 4.69) is 5.32 Å². The number of esters is 1. The number of benzene rings is 1. The smallest absolute Gasteiger partial charge is 0.321 e. The molecule has 1 rings (SSSR count). The molecule has 0 aromatic heterocycles. The second-order valence-electron chi connectivity index (χ2n) is 4.68. The summed E-state index contributed by atoms with van der Waals surface area (Å²) in [6, 6.07) is 6.45. The highest BCUT2D eigenvalue weighted by atomic mass is 16.5. The van der Waals surface area contributed by atoms with E-state index in [1.54, 1.807) is 31.2 Å². The lowest BCUT2D eigenvalue weighted by molar-refractivity contribution is -0.142. The molecule has 2 N–H and O–H groups in total. The highest BCUT2D eigenvalue weighted by Crippen LogP contribution is 2.12. The van der Waals surface area contributed by atoms with Gasteiger partial charge < -0.3 is 20.1 Å². The maximum Gasteiger partial charge on any atom is 0.321 e. The van der Waals surface area contributed by atoms with Crippen molar-refractivity contribution in [2.45, 2.75) is 19.8 Å².